The number of nitrogens with one attached hydrogen (secondary N) is 1. The smallest absolute Gasteiger partial charge is 0.311 e. The number of hydrogen-bond donors (Lipinski definition) is 1. The fourth-order valence-electron chi connectivity index (χ4n) is 2.48. The van der Waals surface area contributed by atoms with Crippen LogP contribution in [-0.2, 0) is 0 Å². The maximum Gasteiger partial charge on any atom is 0.311 e. The monoisotopic (exact) mass is 313 g/mol. The van der Waals surface area contributed by atoms with Crippen LogP contribution in [0.2, 0.25) is 0 Å². The van der Waals surface area contributed by atoms with Crippen LogP contribution in [0.1, 0.15) is 32.6 Å². The maximum absolute atomic E-state index is 11.0. The quantitative estimate of drug-likeness (QED) is 0.681. The molecule has 5 nitrogen and oxygen atoms in total. The van der Waals surface area contributed by atoms with E-state index in [4.69, 9.17) is 0 Å². The molecule has 1 fully saturated rings. The number of anilines is 1. The van der Waals surface area contributed by atoms with E-state index in [1.54, 1.807) is 6.20 Å². The summed E-state index contributed by atoms with van der Waals surface area (Å²) in [4.78, 5) is 14.4. The van der Waals surface area contributed by atoms with E-state index >= 15 is 0 Å². The fourth-order valence-corrected chi connectivity index (χ4v) is 2.91. The van der Waals surface area contributed by atoms with E-state index in [1.165, 1.54) is 19.0 Å². The second-order valence-corrected chi connectivity index (χ2v) is 5.74. The van der Waals surface area contributed by atoms with Crippen LogP contribution < -0.4 is 5.32 Å². The van der Waals surface area contributed by atoms with Gasteiger partial charge >= 0.3 is 5.69 Å². The lowest BCUT2D eigenvalue weighted by Crippen LogP contribution is -2.26. The average molecular weight is 314 g/mol. The number of pyridine rings is 1. The lowest BCUT2D eigenvalue weighted by Gasteiger charge is -2.28. The van der Waals surface area contributed by atoms with Crippen LogP contribution in [0.25, 0.3) is 0 Å². The predicted octanol–water partition coefficient (Wildman–Crippen LogP) is 3.74. The lowest BCUT2D eigenvalue weighted by atomic mass is 9.87. The van der Waals surface area contributed by atoms with Crippen molar-refractivity contribution in [2.24, 2.45) is 5.92 Å². The van der Waals surface area contributed by atoms with Crippen molar-refractivity contribution in [1.82, 2.24) is 4.98 Å². The number of nitrogens with zero attached hydrogens (tertiary/aromatic N) is 2. The molecule has 18 heavy (non-hydrogen) atoms. The van der Waals surface area contributed by atoms with Crippen LogP contribution in [0, 0.1) is 16.0 Å². The van der Waals surface area contributed by atoms with Gasteiger partial charge in [-0.3, -0.25) is 15.1 Å². The second-order valence-electron chi connectivity index (χ2n) is 4.89. The topological polar surface area (TPSA) is 68.1 Å². The van der Waals surface area contributed by atoms with Crippen LogP contribution >= 0.6 is 15.9 Å². The third-order valence-electron chi connectivity index (χ3n) is 3.36. The summed E-state index contributed by atoms with van der Waals surface area (Å²) in [5.74, 6) is 0.677. The Morgan fingerprint density at radius 1 is 1.50 bits per heavy atom. The molecule has 2 unspecified atom stereocenters. The molecule has 1 aromatic rings. The van der Waals surface area contributed by atoms with Gasteiger partial charge in [-0.2, -0.15) is 0 Å². The van der Waals surface area contributed by atoms with Crippen molar-refractivity contribution >= 4 is 27.3 Å². The molecule has 1 heterocycles. The number of halogens is 1. The van der Waals surface area contributed by atoms with Gasteiger partial charge in [0.15, 0.2) is 0 Å². The number of aromatic nitrogens is 1. The zero-order chi connectivity index (χ0) is 13.1. The molecular weight excluding hydrogens is 298 g/mol. The zero-order valence-electron chi connectivity index (χ0n) is 10.2. The second kappa shape index (κ2) is 5.65. The van der Waals surface area contributed by atoms with Crippen molar-refractivity contribution in [2.75, 3.05) is 5.32 Å². The highest BCUT2D eigenvalue weighted by atomic mass is 79.9. The Hall–Kier alpha value is -1.17. The van der Waals surface area contributed by atoms with E-state index in [2.05, 4.69) is 33.2 Å². The van der Waals surface area contributed by atoms with Gasteiger partial charge in [0.2, 0.25) is 0 Å². The Balaban J connectivity index is 2.20. The largest absolute Gasteiger partial charge is 0.376 e. The molecule has 0 spiro atoms. The molecule has 1 N–H and O–H groups in total. The van der Waals surface area contributed by atoms with Gasteiger partial charge in [0, 0.05) is 12.2 Å². The first-order chi connectivity index (χ1) is 8.58. The zero-order valence-corrected chi connectivity index (χ0v) is 11.8. The molecule has 0 radical (unpaired) electrons. The number of nitro groups is 1. The summed E-state index contributed by atoms with van der Waals surface area (Å²) in [6.45, 7) is 2.23. The Morgan fingerprint density at radius 3 is 2.94 bits per heavy atom. The molecule has 0 aromatic carbocycles. The molecule has 1 aliphatic rings. The summed E-state index contributed by atoms with van der Waals surface area (Å²) in [5.41, 5.74) is 0.580. The summed E-state index contributed by atoms with van der Waals surface area (Å²) in [5, 5.41) is 14.3. The molecular formula is C12H16BrN3O2. The van der Waals surface area contributed by atoms with E-state index in [-0.39, 0.29) is 5.69 Å². The molecule has 0 amide bonds. The molecule has 1 saturated carbocycles. The number of rotatable bonds is 3. The summed E-state index contributed by atoms with van der Waals surface area (Å²) in [6, 6.07) is 0.311. The third-order valence-corrected chi connectivity index (χ3v) is 3.96. The Morgan fingerprint density at radius 2 is 2.28 bits per heavy atom. The maximum atomic E-state index is 11.0. The summed E-state index contributed by atoms with van der Waals surface area (Å²) >= 11 is 3.33. The standard InChI is InChI=1S/C12H16BrN3O2/c1-8-3-2-4-9(5-8)15-12-10(13)6-14-7-11(12)16(17)18/h6-9H,2-5H2,1H3,(H,14,15). The van der Waals surface area contributed by atoms with Gasteiger partial charge < -0.3 is 5.32 Å². The Labute approximate surface area is 114 Å². The molecule has 98 valence electrons. The first kappa shape index (κ1) is 13.3. The van der Waals surface area contributed by atoms with Crippen molar-refractivity contribution in [1.29, 1.82) is 0 Å². The number of hydrogen-bond acceptors (Lipinski definition) is 4. The minimum Gasteiger partial charge on any atom is -0.376 e. The summed E-state index contributed by atoms with van der Waals surface area (Å²) in [7, 11) is 0. The molecule has 2 rings (SSSR count). The van der Waals surface area contributed by atoms with Gasteiger partial charge in [-0.25, -0.2) is 0 Å². The first-order valence-corrected chi connectivity index (χ1v) is 6.91. The normalized spacial score (nSPS) is 23.7. The third kappa shape index (κ3) is 2.98. The van der Waals surface area contributed by atoms with Gasteiger partial charge in [-0.05, 0) is 34.7 Å². The van der Waals surface area contributed by atoms with Crippen LogP contribution in [0.3, 0.4) is 0 Å². The van der Waals surface area contributed by atoms with Crippen molar-refractivity contribution in [3.63, 3.8) is 0 Å². The minimum atomic E-state index is -0.396. The Kier molecular flexibility index (Phi) is 4.16. The fraction of sp³-hybridized carbons (Fsp3) is 0.583. The van der Waals surface area contributed by atoms with Crippen LogP contribution in [0.15, 0.2) is 16.9 Å². The van der Waals surface area contributed by atoms with Crippen LogP contribution in [0.4, 0.5) is 11.4 Å². The highest BCUT2D eigenvalue weighted by molar-refractivity contribution is 9.10. The van der Waals surface area contributed by atoms with Crippen molar-refractivity contribution < 1.29 is 4.92 Å². The molecule has 2 atom stereocenters. The van der Waals surface area contributed by atoms with E-state index in [0.29, 0.717) is 22.1 Å². The van der Waals surface area contributed by atoms with Gasteiger partial charge in [-0.15, -0.1) is 0 Å². The van der Waals surface area contributed by atoms with E-state index < -0.39 is 4.92 Å². The van der Waals surface area contributed by atoms with Crippen LogP contribution in [-0.4, -0.2) is 15.9 Å². The molecule has 0 saturated heterocycles. The van der Waals surface area contributed by atoms with Gasteiger partial charge in [0.1, 0.15) is 11.9 Å². The van der Waals surface area contributed by atoms with Gasteiger partial charge in [-0.1, -0.05) is 19.8 Å². The lowest BCUT2D eigenvalue weighted by molar-refractivity contribution is -0.384. The highest BCUT2D eigenvalue weighted by Crippen LogP contribution is 2.34. The minimum absolute atomic E-state index is 0.0302. The predicted molar refractivity (Wildman–Crippen MR) is 73.6 cm³/mol. The molecule has 1 aromatic heterocycles. The molecule has 6 heteroatoms. The SMILES string of the molecule is CC1CCCC(Nc2c(Br)cncc2[N+](=O)[O-])C1. The van der Waals surface area contributed by atoms with Gasteiger partial charge in [0.25, 0.3) is 0 Å². The average Bonchev–Trinajstić information content (AvgIpc) is 2.31. The Bertz CT molecular complexity index is 453. The summed E-state index contributed by atoms with van der Waals surface area (Å²) in [6.07, 6.45) is 7.43. The highest BCUT2D eigenvalue weighted by Gasteiger charge is 2.23. The summed E-state index contributed by atoms with van der Waals surface area (Å²) < 4.78 is 0.648. The van der Waals surface area contributed by atoms with Crippen LogP contribution in [0.5, 0.6) is 0 Å². The molecule has 0 aliphatic heterocycles. The van der Waals surface area contributed by atoms with Crippen molar-refractivity contribution in [2.45, 2.75) is 38.6 Å². The molecule has 0 bridgehead atoms. The van der Waals surface area contributed by atoms with Crippen molar-refractivity contribution in [3.05, 3.63) is 27.0 Å². The van der Waals surface area contributed by atoms with E-state index in [1.807, 2.05) is 0 Å². The molecule has 1 aliphatic carbocycles. The van der Waals surface area contributed by atoms with Crippen molar-refractivity contribution in [3.8, 4) is 0 Å². The van der Waals surface area contributed by atoms with E-state index in [9.17, 15) is 10.1 Å². The van der Waals surface area contributed by atoms with Gasteiger partial charge in [0.05, 0.1) is 9.40 Å². The van der Waals surface area contributed by atoms with E-state index in [0.717, 1.165) is 12.8 Å². The first-order valence-electron chi connectivity index (χ1n) is 6.12.